The summed E-state index contributed by atoms with van der Waals surface area (Å²) in [5, 5.41) is 3.52. The number of nitrogens with one attached hydrogen (secondary N) is 1. The van der Waals surface area contributed by atoms with Crippen LogP contribution in [0, 0.1) is 11.8 Å². The van der Waals surface area contributed by atoms with Gasteiger partial charge in [-0.3, -0.25) is 14.5 Å². The number of esters is 2. The van der Waals surface area contributed by atoms with E-state index in [1.807, 2.05) is 6.92 Å². The van der Waals surface area contributed by atoms with Crippen molar-refractivity contribution >= 4 is 11.9 Å². The number of hydrogen-bond donors (Lipinski definition) is 1. The Morgan fingerprint density at radius 3 is 2.06 bits per heavy atom. The molecule has 0 saturated carbocycles. The second-order valence-electron chi connectivity index (χ2n) is 12.0. The normalized spacial score (nSPS) is 29.5. The van der Waals surface area contributed by atoms with E-state index in [9.17, 15) is 9.59 Å². The summed E-state index contributed by atoms with van der Waals surface area (Å²) in [7, 11) is 2.08. The Morgan fingerprint density at radius 2 is 1.61 bits per heavy atom. The molecule has 2 saturated heterocycles. The monoisotopic (exact) mass is 438 g/mol. The first-order valence-electron chi connectivity index (χ1n) is 11.9. The molecule has 3 atom stereocenters. The lowest BCUT2D eigenvalue weighted by Crippen LogP contribution is -2.48. The fourth-order valence-electron chi connectivity index (χ4n) is 5.60. The van der Waals surface area contributed by atoms with Gasteiger partial charge in [0.2, 0.25) is 0 Å². The minimum atomic E-state index is -0.267. The van der Waals surface area contributed by atoms with Crippen molar-refractivity contribution in [3.05, 3.63) is 0 Å². The van der Waals surface area contributed by atoms with Crippen LogP contribution >= 0.6 is 0 Å². The van der Waals surface area contributed by atoms with E-state index in [-0.39, 0.29) is 52.0 Å². The zero-order chi connectivity index (χ0) is 23.8. The lowest BCUT2D eigenvalue weighted by atomic mass is 9.87. The molecule has 2 fully saturated rings. The molecule has 0 aromatic rings. The SMILES string of the molecule is CCC(CCCOC(=O)C1CC(C)(C)NC1(C)C)OC(=O)C1CC(C)(C)N(C)C1(C)C. The number of carbonyl (C=O) groups is 2. The summed E-state index contributed by atoms with van der Waals surface area (Å²) < 4.78 is 11.5. The average molecular weight is 439 g/mol. The van der Waals surface area contributed by atoms with E-state index in [4.69, 9.17) is 9.47 Å². The molecule has 6 nitrogen and oxygen atoms in total. The van der Waals surface area contributed by atoms with Crippen LogP contribution in [0.1, 0.15) is 94.4 Å². The first-order valence-corrected chi connectivity index (χ1v) is 11.9. The van der Waals surface area contributed by atoms with Crippen molar-refractivity contribution in [1.82, 2.24) is 10.2 Å². The summed E-state index contributed by atoms with van der Waals surface area (Å²) in [4.78, 5) is 27.9. The highest BCUT2D eigenvalue weighted by molar-refractivity contribution is 5.75. The van der Waals surface area contributed by atoms with Gasteiger partial charge in [-0.2, -0.15) is 0 Å². The Morgan fingerprint density at radius 1 is 1.00 bits per heavy atom. The van der Waals surface area contributed by atoms with Crippen molar-refractivity contribution in [1.29, 1.82) is 0 Å². The van der Waals surface area contributed by atoms with Gasteiger partial charge in [-0.15, -0.1) is 0 Å². The quantitative estimate of drug-likeness (QED) is 0.450. The maximum atomic E-state index is 13.0. The molecule has 0 amide bonds. The molecular formula is C25H46N2O4. The zero-order valence-corrected chi connectivity index (χ0v) is 21.6. The predicted molar refractivity (Wildman–Crippen MR) is 124 cm³/mol. The van der Waals surface area contributed by atoms with Crippen molar-refractivity contribution in [2.45, 2.75) is 123 Å². The van der Waals surface area contributed by atoms with Crippen molar-refractivity contribution in [2.24, 2.45) is 11.8 Å². The van der Waals surface area contributed by atoms with Crippen LogP contribution in [-0.2, 0) is 19.1 Å². The topological polar surface area (TPSA) is 67.9 Å². The summed E-state index contributed by atoms with van der Waals surface area (Å²) in [6, 6.07) is 0. The number of likely N-dealkylation sites (tertiary alicyclic amines) is 1. The number of nitrogens with zero attached hydrogens (tertiary/aromatic N) is 1. The Balaban J connectivity index is 1.81. The van der Waals surface area contributed by atoms with Gasteiger partial charge in [0.15, 0.2) is 0 Å². The first-order chi connectivity index (χ1) is 14.0. The second-order valence-corrected chi connectivity index (χ2v) is 12.0. The van der Waals surface area contributed by atoms with Crippen molar-refractivity contribution in [3.63, 3.8) is 0 Å². The van der Waals surface area contributed by atoms with Gasteiger partial charge in [0.1, 0.15) is 6.10 Å². The highest BCUT2D eigenvalue weighted by Gasteiger charge is 2.53. The third-order valence-corrected chi connectivity index (χ3v) is 7.80. The number of rotatable bonds is 8. The van der Waals surface area contributed by atoms with Crippen molar-refractivity contribution in [2.75, 3.05) is 13.7 Å². The van der Waals surface area contributed by atoms with Gasteiger partial charge in [-0.25, -0.2) is 0 Å². The van der Waals surface area contributed by atoms with Gasteiger partial charge in [-0.05, 0) is 94.5 Å². The summed E-state index contributed by atoms with van der Waals surface area (Å²) in [6.07, 6.45) is 3.60. The van der Waals surface area contributed by atoms with Gasteiger partial charge in [-0.1, -0.05) is 6.92 Å². The van der Waals surface area contributed by atoms with Gasteiger partial charge < -0.3 is 14.8 Å². The molecule has 0 spiro atoms. The molecule has 0 aromatic carbocycles. The Kier molecular flexibility index (Phi) is 7.59. The van der Waals surface area contributed by atoms with E-state index in [0.29, 0.717) is 19.4 Å². The average Bonchev–Trinajstić information content (AvgIpc) is 2.96. The van der Waals surface area contributed by atoms with Crippen LogP contribution < -0.4 is 5.32 Å². The molecule has 0 bridgehead atoms. The van der Waals surface area contributed by atoms with Crippen molar-refractivity contribution < 1.29 is 19.1 Å². The third kappa shape index (κ3) is 5.81. The molecule has 2 rings (SSSR count). The number of carbonyl (C=O) groups excluding carboxylic acids is 2. The van der Waals surface area contributed by atoms with E-state index in [0.717, 1.165) is 19.3 Å². The number of ether oxygens (including phenoxy) is 2. The molecule has 3 unspecified atom stereocenters. The van der Waals surface area contributed by atoms with Crippen LogP contribution in [0.5, 0.6) is 0 Å². The van der Waals surface area contributed by atoms with Crippen LogP contribution in [0.15, 0.2) is 0 Å². The standard InChI is InChI=1S/C25H46N2O4/c1-11-17(31-21(29)19-16-23(4,5)27(10)25(19,8)9)13-12-14-30-20(28)18-15-22(2,3)26-24(18,6)7/h17-19,26H,11-16H2,1-10H3. The van der Waals surface area contributed by atoms with Crippen LogP contribution in [0.25, 0.3) is 0 Å². The molecule has 1 N–H and O–H groups in total. The van der Waals surface area contributed by atoms with Gasteiger partial charge in [0, 0.05) is 22.2 Å². The predicted octanol–water partition coefficient (Wildman–Crippen LogP) is 4.31. The summed E-state index contributed by atoms with van der Waals surface area (Å²) >= 11 is 0. The fourth-order valence-corrected chi connectivity index (χ4v) is 5.60. The molecule has 6 heteroatoms. The molecule has 180 valence electrons. The maximum absolute atomic E-state index is 13.0. The minimum Gasteiger partial charge on any atom is -0.465 e. The van der Waals surface area contributed by atoms with Gasteiger partial charge >= 0.3 is 11.9 Å². The highest BCUT2D eigenvalue weighted by atomic mass is 16.5. The smallest absolute Gasteiger partial charge is 0.311 e. The molecule has 2 heterocycles. The zero-order valence-electron chi connectivity index (χ0n) is 21.6. The molecule has 31 heavy (non-hydrogen) atoms. The molecule has 0 aromatic heterocycles. The fraction of sp³-hybridized carbons (Fsp3) is 0.920. The molecular weight excluding hydrogens is 392 g/mol. The summed E-state index contributed by atoms with van der Waals surface area (Å²) in [5.74, 6) is -0.523. The molecule has 0 aliphatic carbocycles. The maximum Gasteiger partial charge on any atom is 0.311 e. The third-order valence-electron chi connectivity index (χ3n) is 7.80. The van der Waals surface area contributed by atoms with Crippen molar-refractivity contribution in [3.8, 4) is 0 Å². The van der Waals surface area contributed by atoms with E-state index < -0.39 is 0 Å². The van der Waals surface area contributed by atoms with Gasteiger partial charge in [0.05, 0.1) is 18.4 Å². The van der Waals surface area contributed by atoms with Crippen LogP contribution in [-0.4, -0.2) is 58.8 Å². The van der Waals surface area contributed by atoms with Crippen LogP contribution in [0.4, 0.5) is 0 Å². The van der Waals surface area contributed by atoms with E-state index >= 15 is 0 Å². The largest absolute Gasteiger partial charge is 0.465 e. The van der Waals surface area contributed by atoms with Gasteiger partial charge in [0.25, 0.3) is 0 Å². The Hall–Kier alpha value is -1.14. The molecule has 0 radical (unpaired) electrons. The number of hydrogen-bond acceptors (Lipinski definition) is 6. The summed E-state index contributed by atoms with van der Waals surface area (Å²) in [6.45, 7) is 19.3. The lowest BCUT2D eigenvalue weighted by Gasteiger charge is -2.38. The second kappa shape index (κ2) is 9.01. The highest BCUT2D eigenvalue weighted by Crippen LogP contribution is 2.44. The van der Waals surface area contributed by atoms with Crippen LogP contribution in [0.2, 0.25) is 0 Å². The Bertz CT molecular complexity index is 668. The first kappa shape index (κ1) is 26.1. The van der Waals surface area contributed by atoms with E-state index in [1.165, 1.54) is 0 Å². The Labute approximate surface area is 189 Å². The minimum absolute atomic E-state index is 0.0272. The molecule has 2 aliphatic heterocycles. The van der Waals surface area contributed by atoms with E-state index in [2.05, 4.69) is 72.7 Å². The summed E-state index contributed by atoms with van der Waals surface area (Å²) in [5.41, 5.74) is -0.590. The van der Waals surface area contributed by atoms with E-state index in [1.54, 1.807) is 0 Å². The van der Waals surface area contributed by atoms with Crippen LogP contribution in [0.3, 0.4) is 0 Å². The molecule has 2 aliphatic rings. The lowest BCUT2D eigenvalue weighted by molar-refractivity contribution is -0.158.